The second-order valence-corrected chi connectivity index (χ2v) is 13.0. The number of ether oxygens (including phenoxy) is 1. The van der Waals surface area contributed by atoms with Crippen molar-refractivity contribution in [3.63, 3.8) is 0 Å². The lowest BCUT2D eigenvalue weighted by molar-refractivity contribution is -0.139. The summed E-state index contributed by atoms with van der Waals surface area (Å²) in [6, 6.07) is 16.2. The first-order valence-electron chi connectivity index (χ1n) is 11.8. The lowest BCUT2D eigenvalue weighted by atomic mass is 9.84. The molecule has 4 N–H and O–H groups in total. The number of benzene rings is 2. The molecule has 1 atom stereocenters. The zero-order valence-electron chi connectivity index (χ0n) is 20.4. The summed E-state index contributed by atoms with van der Waals surface area (Å²) in [5.74, 6) is -2.75. The highest BCUT2D eigenvalue weighted by molar-refractivity contribution is 9.10. The first-order valence-corrected chi connectivity index (χ1v) is 15.3. The number of aliphatic carboxylic acids is 1. The largest absolute Gasteiger partial charge is 0.479 e. The number of anilines is 1. The van der Waals surface area contributed by atoms with E-state index in [2.05, 4.69) is 26.6 Å². The molecule has 1 aliphatic rings. The van der Waals surface area contributed by atoms with Crippen LogP contribution in [0.4, 0.5) is 5.69 Å². The van der Waals surface area contributed by atoms with Gasteiger partial charge in [-0.3, -0.25) is 0 Å². The van der Waals surface area contributed by atoms with Gasteiger partial charge in [-0.1, -0.05) is 42.5 Å². The number of sulfone groups is 1. The van der Waals surface area contributed by atoms with Gasteiger partial charge in [-0.25, -0.2) is 18.0 Å². The van der Waals surface area contributed by atoms with Crippen LogP contribution < -0.4 is 15.4 Å². The van der Waals surface area contributed by atoms with Gasteiger partial charge in [0, 0.05) is 17.9 Å². The third-order valence-electron chi connectivity index (χ3n) is 6.50. The lowest BCUT2D eigenvalue weighted by Crippen LogP contribution is -2.52. The van der Waals surface area contributed by atoms with E-state index in [9.17, 15) is 23.1 Å². The van der Waals surface area contributed by atoms with E-state index in [0.717, 1.165) is 11.3 Å². The third-order valence-corrected chi connectivity index (χ3v) is 10.6. The number of aromatic carboxylic acids is 1. The molecule has 1 aromatic heterocycles. The van der Waals surface area contributed by atoms with Crippen molar-refractivity contribution >= 4 is 54.7 Å². The predicted molar refractivity (Wildman–Crippen MR) is 150 cm³/mol. The van der Waals surface area contributed by atoms with Crippen LogP contribution in [0.3, 0.4) is 0 Å². The van der Waals surface area contributed by atoms with Crippen molar-refractivity contribution in [3.05, 3.63) is 69.5 Å². The summed E-state index contributed by atoms with van der Waals surface area (Å²) in [4.78, 5) is 21.8. The molecule has 0 spiro atoms. The number of carbonyl (C=O) groups is 2. The van der Waals surface area contributed by atoms with Gasteiger partial charge in [0.05, 0.1) is 9.35 Å². The van der Waals surface area contributed by atoms with Gasteiger partial charge in [-0.05, 0) is 65.1 Å². The average molecular weight is 624 g/mol. The van der Waals surface area contributed by atoms with E-state index in [0.29, 0.717) is 52.1 Å². The number of carboxylic acid groups (broad SMARTS) is 2. The van der Waals surface area contributed by atoms with Gasteiger partial charge >= 0.3 is 11.9 Å². The Balaban J connectivity index is 1.81. The number of thiophene rings is 1. The van der Waals surface area contributed by atoms with Crippen LogP contribution in [0.1, 0.15) is 28.1 Å². The Morgan fingerprint density at radius 2 is 1.82 bits per heavy atom. The Morgan fingerprint density at radius 1 is 1.13 bits per heavy atom. The van der Waals surface area contributed by atoms with Crippen LogP contribution in [0.25, 0.3) is 10.4 Å². The van der Waals surface area contributed by atoms with Crippen LogP contribution in [-0.2, 0) is 19.5 Å². The Morgan fingerprint density at radius 3 is 2.42 bits per heavy atom. The summed E-state index contributed by atoms with van der Waals surface area (Å²) in [5, 5.41) is 25.3. The van der Waals surface area contributed by atoms with Gasteiger partial charge in [0.25, 0.3) is 0 Å². The van der Waals surface area contributed by atoms with E-state index >= 15 is 0 Å². The fraction of sp³-hybridized carbons (Fsp3) is 0.308. The summed E-state index contributed by atoms with van der Waals surface area (Å²) in [6.45, 7) is 0.715. The molecule has 202 valence electrons. The highest BCUT2D eigenvalue weighted by atomic mass is 79.9. The number of hydrogen-bond donors (Lipinski definition) is 4. The molecular formula is C26H27BrN2O7S2. The van der Waals surface area contributed by atoms with Crippen molar-refractivity contribution in [2.24, 2.45) is 5.92 Å². The molecule has 0 radical (unpaired) electrons. The number of nitrogens with one attached hydrogen (secondary N) is 2. The standard InChI is InChI=1S/C26H27BrN2O7S2/c1-38(34,35)26(17-7-3-2-4-8-17,18-10-12-28-13-11-18)29-19-9-5-6-16(14-19)23-21(27)22(36-15-20(30)31)24(37-23)25(32)33/h2-9,14,18,28-29H,10-13,15H2,1H3,(H,30,31)(H,32,33). The van der Waals surface area contributed by atoms with E-state index < -0.39 is 33.3 Å². The quantitative estimate of drug-likeness (QED) is 0.254. The SMILES string of the molecule is CS(=O)(=O)C(Nc1cccc(-c2sc(C(=O)O)c(OCC(=O)O)c2Br)c1)(c1ccccc1)C1CCNCC1. The smallest absolute Gasteiger partial charge is 0.349 e. The van der Waals surface area contributed by atoms with Gasteiger partial charge in [0.1, 0.15) is 0 Å². The number of carboxylic acids is 2. The highest BCUT2D eigenvalue weighted by Crippen LogP contribution is 2.47. The maximum absolute atomic E-state index is 13.6. The fourth-order valence-corrected chi connectivity index (χ4v) is 8.47. The van der Waals surface area contributed by atoms with Gasteiger partial charge in [-0.15, -0.1) is 11.3 Å². The molecule has 0 saturated carbocycles. The molecule has 38 heavy (non-hydrogen) atoms. The Kier molecular flexibility index (Phi) is 8.46. The van der Waals surface area contributed by atoms with Crippen LogP contribution in [0, 0.1) is 5.92 Å². The summed E-state index contributed by atoms with van der Waals surface area (Å²) in [5.41, 5.74) is 1.80. The molecule has 9 nitrogen and oxygen atoms in total. The van der Waals surface area contributed by atoms with Gasteiger partial charge in [0.15, 0.2) is 31.9 Å². The minimum atomic E-state index is -3.69. The minimum Gasteiger partial charge on any atom is -0.479 e. The molecule has 12 heteroatoms. The van der Waals surface area contributed by atoms with E-state index in [1.54, 1.807) is 24.3 Å². The molecule has 2 heterocycles. The van der Waals surface area contributed by atoms with E-state index in [1.807, 2.05) is 30.3 Å². The fourth-order valence-electron chi connectivity index (χ4n) is 4.87. The first-order chi connectivity index (χ1) is 18.0. The molecule has 0 aliphatic carbocycles. The van der Waals surface area contributed by atoms with Crippen molar-refractivity contribution in [2.75, 3.05) is 31.3 Å². The zero-order valence-corrected chi connectivity index (χ0v) is 23.7. The van der Waals surface area contributed by atoms with E-state index in [-0.39, 0.29) is 16.5 Å². The summed E-state index contributed by atoms with van der Waals surface area (Å²) in [6.07, 6.45) is 2.58. The maximum atomic E-state index is 13.6. The molecule has 0 bridgehead atoms. The number of rotatable bonds is 10. The predicted octanol–water partition coefficient (Wildman–Crippen LogP) is 4.65. The number of hydrogen-bond acceptors (Lipinski definition) is 8. The zero-order chi connectivity index (χ0) is 27.5. The third kappa shape index (κ3) is 5.58. The molecule has 2 aromatic carbocycles. The van der Waals surface area contributed by atoms with Gasteiger partial charge < -0.3 is 25.6 Å². The van der Waals surface area contributed by atoms with Crippen molar-refractivity contribution in [3.8, 4) is 16.2 Å². The highest BCUT2D eigenvalue weighted by Gasteiger charge is 2.49. The van der Waals surface area contributed by atoms with Crippen LogP contribution in [0.5, 0.6) is 5.75 Å². The molecule has 0 amide bonds. The lowest BCUT2D eigenvalue weighted by Gasteiger charge is -2.43. The molecule has 4 rings (SSSR count). The summed E-state index contributed by atoms with van der Waals surface area (Å²) in [7, 11) is -3.69. The Bertz CT molecular complexity index is 1440. The minimum absolute atomic E-state index is 0.0669. The molecule has 1 unspecified atom stereocenters. The van der Waals surface area contributed by atoms with Gasteiger partial charge in [0.2, 0.25) is 0 Å². The Labute approximate surface area is 232 Å². The topological polar surface area (TPSA) is 142 Å². The average Bonchev–Trinajstić information content (AvgIpc) is 3.23. The monoisotopic (exact) mass is 622 g/mol. The van der Waals surface area contributed by atoms with E-state index in [1.165, 1.54) is 6.26 Å². The summed E-state index contributed by atoms with van der Waals surface area (Å²) >= 11 is 4.32. The van der Waals surface area contributed by atoms with Gasteiger partial charge in [-0.2, -0.15) is 0 Å². The van der Waals surface area contributed by atoms with Crippen LogP contribution in [0.15, 0.2) is 59.1 Å². The van der Waals surface area contributed by atoms with E-state index in [4.69, 9.17) is 9.84 Å². The van der Waals surface area contributed by atoms with Crippen LogP contribution >= 0.6 is 27.3 Å². The number of halogens is 1. The van der Waals surface area contributed by atoms with Crippen molar-refractivity contribution < 1.29 is 33.0 Å². The van der Waals surface area contributed by atoms with Crippen LogP contribution in [-0.4, -0.2) is 56.5 Å². The second-order valence-electron chi connectivity index (χ2n) is 8.99. The molecule has 3 aromatic rings. The molecule has 1 saturated heterocycles. The Hall–Kier alpha value is -2.93. The maximum Gasteiger partial charge on any atom is 0.349 e. The van der Waals surface area contributed by atoms with Crippen molar-refractivity contribution in [2.45, 2.75) is 17.7 Å². The molecule has 1 aliphatic heterocycles. The normalized spacial score (nSPS) is 15.9. The van der Waals surface area contributed by atoms with Crippen molar-refractivity contribution in [1.82, 2.24) is 5.32 Å². The molecule has 1 fully saturated rings. The van der Waals surface area contributed by atoms with Crippen molar-refractivity contribution in [1.29, 1.82) is 0 Å². The second kappa shape index (κ2) is 11.4. The molecular weight excluding hydrogens is 596 g/mol. The number of piperidine rings is 1. The first kappa shape index (κ1) is 28.1. The summed E-state index contributed by atoms with van der Waals surface area (Å²) < 4.78 is 32.8. The van der Waals surface area contributed by atoms with Crippen LogP contribution in [0.2, 0.25) is 0 Å².